The summed E-state index contributed by atoms with van der Waals surface area (Å²) in [6, 6.07) is 2.42. The van der Waals surface area contributed by atoms with Gasteiger partial charge in [0.25, 0.3) is 0 Å². The van der Waals surface area contributed by atoms with Crippen LogP contribution >= 0.6 is 0 Å². The topological polar surface area (TPSA) is 77.8 Å². The molecule has 156 valence electrons. The minimum Gasteiger partial charge on any atom is -0.493 e. The second-order valence-electron chi connectivity index (χ2n) is 6.62. The number of hydrogen-bond donors (Lipinski definition) is 1. The summed E-state index contributed by atoms with van der Waals surface area (Å²) in [6.07, 6.45) is -6.16. The first-order valence-electron chi connectivity index (χ1n) is 8.30. The number of carbonyl (C=O) groups is 1. The molecule has 0 aliphatic carbocycles. The van der Waals surface area contributed by atoms with Crippen molar-refractivity contribution in [3.63, 3.8) is 0 Å². The normalized spacial score (nSPS) is 27.4. The van der Waals surface area contributed by atoms with E-state index < -0.39 is 53.2 Å². The molecule has 0 radical (unpaired) electrons. The molecule has 0 spiro atoms. The van der Waals surface area contributed by atoms with Crippen molar-refractivity contribution in [2.75, 3.05) is 14.2 Å². The lowest BCUT2D eigenvalue weighted by Gasteiger charge is -2.32. The Morgan fingerprint density at radius 1 is 1.29 bits per heavy atom. The molecule has 1 saturated heterocycles. The molecule has 1 unspecified atom stereocenters. The number of halogens is 4. The fraction of sp³-hybridized carbons (Fsp3) is 0.556. The van der Waals surface area contributed by atoms with E-state index in [1.807, 2.05) is 0 Å². The monoisotopic (exact) mass is 407 g/mol. The summed E-state index contributed by atoms with van der Waals surface area (Å²) in [5.74, 6) is -5.45. The highest BCUT2D eigenvalue weighted by molar-refractivity contribution is 5.80. The SMILES string of the molecule is COC(=N)C1O[C@@](C)(C(F)(F)F)[C@@H](C)[C@H]1c1ccc(OC(C)=O)c(F)c1OC. The number of esters is 1. The van der Waals surface area contributed by atoms with Crippen molar-refractivity contribution in [3.8, 4) is 11.5 Å². The summed E-state index contributed by atoms with van der Waals surface area (Å²) < 4.78 is 75.7. The first-order valence-corrected chi connectivity index (χ1v) is 8.30. The van der Waals surface area contributed by atoms with Crippen LogP contribution in [0.25, 0.3) is 0 Å². The molecule has 28 heavy (non-hydrogen) atoms. The fourth-order valence-corrected chi connectivity index (χ4v) is 3.40. The molecular weight excluding hydrogens is 386 g/mol. The molecule has 1 aromatic rings. The third-order valence-electron chi connectivity index (χ3n) is 5.06. The van der Waals surface area contributed by atoms with E-state index in [0.717, 1.165) is 34.1 Å². The van der Waals surface area contributed by atoms with Crippen LogP contribution in [0.2, 0.25) is 0 Å². The molecule has 6 nitrogen and oxygen atoms in total. The summed E-state index contributed by atoms with van der Waals surface area (Å²) in [5.41, 5.74) is -2.55. The Morgan fingerprint density at radius 2 is 1.89 bits per heavy atom. The molecule has 0 saturated carbocycles. The molecule has 1 heterocycles. The molecule has 0 aromatic heterocycles. The van der Waals surface area contributed by atoms with Crippen molar-refractivity contribution in [2.24, 2.45) is 5.92 Å². The van der Waals surface area contributed by atoms with Gasteiger partial charge < -0.3 is 18.9 Å². The average Bonchev–Trinajstić information content (AvgIpc) is 2.88. The number of ether oxygens (including phenoxy) is 4. The van der Waals surface area contributed by atoms with Gasteiger partial charge in [-0.3, -0.25) is 10.2 Å². The zero-order chi connectivity index (χ0) is 21.4. The Bertz CT molecular complexity index is 782. The zero-order valence-corrected chi connectivity index (χ0v) is 15.9. The molecule has 1 N–H and O–H groups in total. The zero-order valence-electron chi connectivity index (χ0n) is 15.9. The van der Waals surface area contributed by atoms with Gasteiger partial charge >= 0.3 is 12.1 Å². The van der Waals surface area contributed by atoms with Crippen molar-refractivity contribution in [1.29, 1.82) is 5.41 Å². The van der Waals surface area contributed by atoms with Gasteiger partial charge in [0.1, 0.15) is 6.10 Å². The van der Waals surface area contributed by atoms with Gasteiger partial charge in [0.15, 0.2) is 17.1 Å². The van der Waals surface area contributed by atoms with Crippen LogP contribution in [0.4, 0.5) is 17.6 Å². The first-order chi connectivity index (χ1) is 12.9. The van der Waals surface area contributed by atoms with E-state index in [1.54, 1.807) is 0 Å². The van der Waals surface area contributed by atoms with E-state index in [0.29, 0.717) is 0 Å². The molecule has 1 aromatic carbocycles. The summed E-state index contributed by atoms with van der Waals surface area (Å²) >= 11 is 0. The van der Waals surface area contributed by atoms with E-state index in [4.69, 9.17) is 24.4 Å². The number of benzene rings is 1. The van der Waals surface area contributed by atoms with Crippen LogP contribution in [0.5, 0.6) is 11.5 Å². The quantitative estimate of drug-likeness (QED) is 0.270. The molecule has 1 fully saturated rings. The molecule has 10 heteroatoms. The van der Waals surface area contributed by atoms with E-state index in [9.17, 15) is 22.4 Å². The third kappa shape index (κ3) is 3.52. The van der Waals surface area contributed by atoms with Crippen LogP contribution in [-0.2, 0) is 14.3 Å². The van der Waals surface area contributed by atoms with Crippen molar-refractivity contribution >= 4 is 11.9 Å². The summed E-state index contributed by atoms with van der Waals surface area (Å²) in [6.45, 7) is 3.26. The lowest BCUT2D eigenvalue weighted by Crippen LogP contribution is -2.47. The van der Waals surface area contributed by atoms with Crippen LogP contribution in [0.3, 0.4) is 0 Å². The number of carbonyl (C=O) groups excluding carboxylic acids is 1. The fourth-order valence-electron chi connectivity index (χ4n) is 3.40. The summed E-state index contributed by atoms with van der Waals surface area (Å²) in [7, 11) is 2.28. The number of nitrogens with one attached hydrogen (secondary N) is 1. The second-order valence-corrected chi connectivity index (χ2v) is 6.62. The summed E-state index contributed by atoms with van der Waals surface area (Å²) in [5, 5.41) is 7.88. The molecule has 0 amide bonds. The van der Waals surface area contributed by atoms with Gasteiger partial charge in [0, 0.05) is 24.3 Å². The van der Waals surface area contributed by atoms with Crippen molar-refractivity contribution in [2.45, 2.75) is 44.6 Å². The standard InChI is InChI=1S/C18H21F4NO5/c1-8-12(15(16(23)26-5)28-17(8,3)18(20,21)22)10-6-7-11(27-9(2)24)13(19)14(10)25-4/h6-8,12,15,23H,1-5H3/t8-,12-,15?,17+/m0/s1. The Hall–Kier alpha value is -2.36. The van der Waals surface area contributed by atoms with Gasteiger partial charge in [-0.2, -0.15) is 17.6 Å². The molecule has 1 aliphatic rings. The minimum atomic E-state index is -4.74. The molecule has 4 atom stereocenters. The van der Waals surface area contributed by atoms with Crippen LogP contribution in [0.1, 0.15) is 32.3 Å². The lowest BCUT2D eigenvalue weighted by molar-refractivity contribution is -0.270. The van der Waals surface area contributed by atoms with E-state index in [1.165, 1.54) is 13.0 Å². The van der Waals surface area contributed by atoms with E-state index in [2.05, 4.69) is 0 Å². The third-order valence-corrected chi connectivity index (χ3v) is 5.06. The Balaban J connectivity index is 2.64. The van der Waals surface area contributed by atoms with E-state index >= 15 is 0 Å². The summed E-state index contributed by atoms with van der Waals surface area (Å²) in [4.78, 5) is 11.1. The lowest BCUT2D eigenvalue weighted by atomic mass is 9.77. The van der Waals surface area contributed by atoms with Gasteiger partial charge in [0.2, 0.25) is 11.7 Å². The maximum Gasteiger partial charge on any atom is 0.417 e. The molecular formula is C18H21F4NO5. The first kappa shape index (κ1) is 21.9. The number of methoxy groups -OCH3 is 2. The van der Waals surface area contributed by atoms with Gasteiger partial charge in [-0.15, -0.1) is 0 Å². The highest BCUT2D eigenvalue weighted by Gasteiger charge is 2.65. The van der Waals surface area contributed by atoms with Gasteiger partial charge in [0.05, 0.1) is 14.2 Å². The molecule has 1 aliphatic heterocycles. The Kier molecular flexibility index (Phi) is 5.93. The highest BCUT2D eigenvalue weighted by atomic mass is 19.4. The predicted octanol–water partition coefficient (Wildman–Crippen LogP) is 3.82. The average molecular weight is 407 g/mol. The van der Waals surface area contributed by atoms with Crippen LogP contribution in [0, 0.1) is 17.1 Å². The van der Waals surface area contributed by atoms with Gasteiger partial charge in [-0.05, 0) is 13.0 Å². The van der Waals surface area contributed by atoms with Gasteiger partial charge in [-0.1, -0.05) is 13.0 Å². The molecule has 2 rings (SSSR count). The largest absolute Gasteiger partial charge is 0.493 e. The number of rotatable bonds is 4. The van der Waals surface area contributed by atoms with E-state index in [-0.39, 0.29) is 11.3 Å². The van der Waals surface area contributed by atoms with Crippen molar-refractivity contribution in [3.05, 3.63) is 23.5 Å². The highest BCUT2D eigenvalue weighted by Crippen LogP contribution is 2.55. The minimum absolute atomic E-state index is 0.0446. The Morgan fingerprint density at radius 3 is 2.36 bits per heavy atom. The van der Waals surface area contributed by atoms with Crippen molar-refractivity contribution in [1.82, 2.24) is 0 Å². The molecule has 0 bridgehead atoms. The van der Waals surface area contributed by atoms with Crippen LogP contribution in [-0.4, -0.2) is 44.0 Å². The smallest absolute Gasteiger partial charge is 0.417 e. The number of hydrogen-bond acceptors (Lipinski definition) is 6. The maximum atomic E-state index is 14.8. The number of alkyl halides is 3. The van der Waals surface area contributed by atoms with Crippen LogP contribution in [0.15, 0.2) is 12.1 Å². The Labute approximate surface area is 159 Å². The van der Waals surface area contributed by atoms with Gasteiger partial charge in [-0.25, -0.2) is 0 Å². The predicted molar refractivity (Wildman–Crippen MR) is 90.2 cm³/mol. The second kappa shape index (κ2) is 7.57. The van der Waals surface area contributed by atoms with Crippen LogP contribution < -0.4 is 9.47 Å². The maximum absolute atomic E-state index is 14.8. The van der Waals surface area contributed by atoms with Crippen molar-refractivity contribution < 1.29 is 41.3 Å².